The first kappa shape index (κ1) is 21.5. The van der Waals surface area contributed by atoms with E-state index in [0.29, 0.717) is 18.6 Å². The highest BCUT2D eigenvalue weighted by Crippen LogP contribution is 2.65. The van der Waals surface area contributed by atoms with Gasteiger partial charge in [0.1, 0.15) is 5.78 Å². The lowest BCUT2D eigenvalue weighted by Gasteiger charge is -2.57. The van der Waals surface area contributed by atoms with Crippen LogP contribution < -0.4 is 0 Å². The smallest absolute Gasteiger partial charge is 0.344 e. The van der Waals surface area contributed by atoms with Crippen LogP contribution in [0, 0.1) is 34.5 Å². The molecule has 0 aromatic heterocycles. The number of Topliss-reactive ketones (excluding diaryl/α,β-unsaturated/α-hetero) is 1. The maximum Gasteiger partial charge on any atom is 0.344 e. The maximum atomic E-state index is 12.4. The van der Waals surface area contributed by atoms with Crippen LogP contribution in [0.3, 0.4) is 0 Å². The minimum absolute atomic E-state index is 0.000498. The summed E-state index contributed by atoms with van der Waals surface area (Å²) < 4.78 is 0. The van der Waals surface area contributed by atoms with E-state index in [2.05, 4.69) is 19.0 Å². The van der Waals surface area contributed by atoms with Crippen LogP contribution in [0.25, 0.3) is 0 Å². The standard InChI is InChI=1S/C23H33NO6/c1-12(25)21-18(27)10-16-20-15(5-7-23(16,21)3)22(2)6-4-14(26)8-13(22)9-17(20)24-30-11-19(28)29/h9,14-16,18,20-21,26-27H,4-8,10-11H2,1-3H3,(H,28,29)/b24-17-/t14-,15-,16-,18+,20+,21-,22-,23-/m0/s1. The number of aliphatic carboxylic acids is 1. The van der Waals surface area contributed by atoms with Gasteiger partial charge in [0, 0.05) is 11.8 Å². The van der Waals surface area contributed by atoms with Gasteiger partial charge in [-0.15, -0.1) is 0 Å². The molecule has 0 aromatic rings. The number of aliphatic hydroxyl groups excluding tert-OH is 2. The monoisotopic (exact) mass is 419 g/mol. The van der Waals surface area contributed by atoms with Crippen LogP contribution in [-0.2, 0) is 14.4 Å². The van der Waals surface area contributed by atoms with Crippen molar-refractivity contribution >= 4 is 17.5 Å². The highest BCUT2D eigenvalue weighted by atomic mass is 16.6. The summed E-state index contributed by atoms with van der Waals surface area (Å²) in [7, 11) is 0. The van der Waals surface area contributed by atoms with Crippen LogP contribution in [-0.4, -0.2) is 51.6 Å². The van der Waals surface area contributed by atoms with Crippen LogP contribution in [0.5, 0.6) is 0 Å². The minimum atomic E-state index is -1.08. The molecule has 8 atom stereocenters. The van der Waals surface area contributed by atoms with Gasteiger partial charge in [0.2, 0.25) is 6.61 Å². The average molecular weight is 420 g/mol. The molecule has 7 nitrogen and oxygen atoms in total. The summed E-state index contributed by atoms with van der Waals surface area (Å²) in [4.78, 5) is 28.5. The van der Waals surface area contributed by atoms with Gasteiger partial charge in [0.15, 0.2) is 0 Å². The van der Waals surface area contributed by atoms with Crippen molar-refractivity contribution in [3.63, 3.8) is 0 Å². The Kier molecular flexibility index (Phi) is 5.34. The highest BCUT2D eigenvalue weighted by molar-refractivity contribution is 5.99. The third-order valence-electron chi connectivity index (χ3n) is 8.76. The van der Waals surface area contributed by atoms with Gasteiger partial charge in [-0.3, -0.25) is 4.79 Å². The van der Waals surface area contributed by atoms with Crippen molar-refractivity contribution in [3.05, 3.63) is 11.6 Å². The molecule has 3 fully saturated rings. The molecule has 4 aliphatic carbocycles. The molecule has 0 unspecified atom stereocenters. The molecule has 0 radical (unpaired) electrons. The van der Waals surface area contributed by atoms with Gasteiger partial charge in [-0.25, -0.2) is 4.79 Å². The van der Waals surface area contributed by atoms with E-state index in [-0.39, 0.29) is 46.4 Å². The van der Waals surface area contributed by atoms with E-state index in [1.54, 1.807) is 6.92 Å². The Morgan fingerprint density at radius 1 is 1.20 bits per heavy atom. The second kappa shape index (κ2) is 7.45. The lowest BCUT2D eigenvalue weighted by molar-refractivity contribution is -0.142. The van der Waals surface area contributed by atoms with Crippen molar-refractivity contribution in [2.24, 2.45) is 39.7 Å². The summed E-state index contributed by atoms with van der Waals surface area (Å²) >= 11 is 0. The van der Waals surface area contributed by atoms with E-state index in [1.165, 1.54) is 0 Å². The molecule has 0 aliphatic heterocycles. The lowest BCUT2D eigenvalue weighted by Crippen LogP contribution is -2.54. The third-order valence-corrected chi connectivity index (χ3v) is 8.76. The van der Waals surface area contributed by atoms with Crippen LogP contribution >= 0.6 is 0 Å². The molecule has 3 saturated carbocycles. The van der Waals surface area contributed by atoms with Gasteiger partial charge >= 0.3 is 5.97 Å². The number of carbonyl (C=O) groups is 2. The first-order valence-corrected chi connectivity index (χ1v) is 11.1. The molecule has 0 saturated heterocycles. The Hall–Kier alpha value is -1.73. The molecule has 0 amide bonds. The van der Waals surface area contributed by atoms with Crippen molar-refractivity contribution in [2.75, 3.05) is 6.61 Å². The van der Waals surface area contributed by atoms with Gasteiger partial charge in [-0.05, 0) is 74.2 Å². The third kappa shape index (κ3) is 3.21. The van der Waals surface area contributed by atoms with E-state index >= 15 is 0 Å². The number of aliphatic hydroxyl groups is 2. The first-order chi connectivity index (χ1) is 14.1. The van der Waals surface area contributed by atoms with Gasteiger partial charge in [0.25, 0.3) is 0 Å². The van der Waals surface area contributed by atoms with E-state index in [9.17, 15) is 19.8 Å². The summed E-state index contributed by atoms with van der Waals surface area (Å²) in [5.41, 5.74) is 1.49. The summed E-state index contributed by atoms with van der Waals surface area (Å²) in [6.45, 7) is 5.46. The van der Waals surface area contributed by atoms with E-state index in [1.807, 2.05) is 6.08 Å². The number of carboxylic acid groups (broad SMARTS) is 1. The van der Waals surface area contributed by atoms with Crippen molar-refractivity contribution in [3.8, 4) is 0 Å². The molecular weight excluding hydrogens is 386 g/mol. The summed E-state index contributed by atoms with van der Waals surface area (Å²) in [6, 6.07) is 0. The predicted molar refractivity (Wildman–Crippen MR) is 110 cm³/mol. The van der Waals surface area contributed by atoms with Crippen molar-refractivity contribution in [1.29, 1.82) is 0 Å². The van der Waals surface area contributed by atoms with Crippen LogP contribution in [0.15, 0.2) is 16.8 Å². The van der Waals surface area contributed by atoms with Crippen molar-refractivity contribution in [1.82, 2.24) is 0 Å². The largest absolute Gasteiger partial charge is 0.479 e. The fraction of sp³-hybridized carbons (Fsp3) is 0.783. The summed E-state index contributed by atoms with van der Waals surface area (Å²) in [5.74, 6) is -1.08. The number of hydrogen-bond donors (Lipinski definition) is 3. The van der Waals surface area contributed by atoms with E-state index < -0.39 is 18.7 Å². The zero-order valence-electron chi connectivity index (χ0n) is 18.0. The molecule has 4 aliphatic rings. The molecule has 4 rings (SSSR count). The number of carboxylic acids is 1. The number of allylic oxidation sites excluding steroid dienone is 1. The van der Waals surface area contributed by atoms with Gasteiger partial charge < -0.3 is 20.2 Å². The highest BCUT2D eigenvalue weighted by Gasteiger charge is 2.63. The number of fused-ring (bicyclic) bond motifs is 5. The number of nitrogens with zero attached hydrogens (tertiary/aromatic N) is 1. The molecular formula is C23H33NO6. The van der Waals surface area contributed by atoms with E-state index in [4.69, 9.17) is 9.94 Å². The Labute approximate surface area is 177 Å². The topological polar surface area (TPSA) is 116 Å². The lowest BCUT2D eigenvalue weighted by atomic mass is 9.47. The first-order valence-electron chi connectivity index (χ1n) is 11.1. The maximum absolute atomic E-state index is 12.4. The molecule has 166 valence electrons. The van der Waals surface area contributed by atoms with E-state index in [0.717, 1.165) is 31.3 Å². The molecule has 3 N–H and O–H groups in total. The molecule has 0 heterocycles. The van der Waals surface area contributed by atoms with Crippen LogP contribution in [0.1, 0.15) is 59.3 Å². The van der Waals surface area contributed by atoms with Crippen LogP contribution in [0.2, 0.25) is 0 Å². The number of rotatable bonds is 4. The quantitative estimate of drug-likeness (QED) is 0.603. The second-order valence-corrected chi connectivity index (χ2v) is 10.3. The fourth-order valence-corrected chi connectivity index (χ4v) is 7.41. The molecule has 7 heteroatoms. The van der Waals surface area contributed by atoms with Crippen molar-refractivity contribution in [2.45, 2.75) is 71.5 Å². The molecule has 30 heavy (non-hydrogen) atoms. The Morgan fingerprint density at radius 3 is 2.60 bits per heavy atom. The number of oxime groups is 1. The summed E-state index contributed by atoms with van der Waals surface area (Å²) in [6.07, 6.45) is 5.55. The summed E-state index contributed by atoms with van der Waals surface area (Å²) in [5, 5.41) is 34.2. The Morgan fingerprint density at radius 2 is 1.93 bits per heavy atom. The normalized spacial score (nSPS) is 46.4. The second-order valence-electron chi connectivity index (χ2n) is 10.3. The Bertz CT molecular complexity index is 806. The van der Waals surface area contributed by atoms with Crippen molar-refractivity contribution < 1.29 is 29.7 Å². The Balaban J connectivity index is 1.77. The fourth-order valence-electron chi connectivity index (χ4n) is 7.41. The average Bonchev–Trinajstić information content (AvgIpc) is 2.92. The number of carbonyl (C=O) groups excluding carboxylic acids is 1. The number of ketones is 1. The number of hydrogen-bond acceptors (Lipinski definition) is 6. The molecule has 0 bridgehead atoms. The molecule has 0 spiro atoms. The van der Waals surface area contributed by atoms with Gasteiger partial charge in [-0.2, -0.15) is 0 Å². The van der Waals surface area contributed by atoms with Crippen LogP contribution in [0.4, 0.5) is 0 Å². The minimum Gasteiger partial charge on any atom is -0.479 e. The zero-order chi connectivity index (χ0) is 21.8. The SMILES string of the molecule is CC(=O)[C@H]1[C@H](O)C[C@H]2[C@@H]3/C(=N\OCC(=O)O)C=C4C[C@@H](O)CC[C@]4(C)[C@H]3CC[C@@]21C. The molecule has 0 aromatic carbocycles. The predicted octanol–water partition coefficient (Wildman–Crippen LogP) is 2.55. The zero-order valence-corrected chi connectivity index (χ0v) is 18.0. The van der Waals surface area contributed by atoms with Gasteiger partial charge in [0.05, 0.1) is 17.9 Å². The van der Waals surface area contributed by atoms with Gasteiger partial charge in [-0.1, -0.05) is 24.6 Å².